The monoisotopic (exact) mass is 147 g/mol. The molecule has 3 heteroatoms. The van der Waals surface area contributed by atoms with E-state index in [1.165, 1.54) is 0 Å². The SMILES string of the molecule is N#CCC(N)c1ccccn1. The van der Waals surface area contributed by atoms with Crippen molar-refractivity contribution in [1.29, 1.82) is 5.26 Å². The molecule has 3 nitrogen and oxygen atoms in total. The summed E-state index contributed by atoms with van der Waals surface area (Å²) in [5, 5.41) is 8.34. The quantitative estimate of drug-likeness (QED) is 0.678. The van der Waals surface area contributed by atoms with Crippen molar-refractivity contribution in [3.63, 3.8) is 0 Å². The summed E-state index contributed by atoms with van der Waals surface area (Å²) in [7, 11) is 0. The van der Waals surface area contributed by atoms with E-state index in [1.54, 1.807) is 6.20 Å². The summed E-state index contributed by atoms with van der Waals surface area (Å²) in [5.74, 6) is 0. The molecule has 11 heavy (non-hydrogen) atoms. The van der Waals surface area contributed by atoms with Gasteiger partial charge in [0.05, 0.1) is 24.2 Å². The standard InChI is InChI=1S/C8H9N3/c9-5-4-7(10)8-3-1-2-6-11-8/h1-3,6-7H,4,10H2. The van der Waals surface area contributed by atoms with Gasteiger partial charge in [0.2, 0.25) is 0 Å². The molecule has 0 aromatic carbocycles. The molecule has 1 aromatic rings. The van der Waals surface area contributed by atoms with Gasteiger partial charge in [-0.1, -0.05) is 6.07 Å². The molecule has 0 saturated heterocycles. The van der Waals surface area contributed by atoms with E-state index in [-0.39, 0.29) is 6.04 Å². The van der Waals surface area contributed by atoms with Crippen LogP contribution in [0.15, 0.2) is 24.4 Å². The lowest BCUT2D eigenvalue weighted by Gasteiger charge is -2.04. The minimum Gasteiger partial charge on any atom is -0.322 e. The van der Waals surface area contributed by atoms with Crippen LogP contribution in [0.25, 0.3) is 0 Å². The van der Waals surface area contributed by atoms with Crippen molar-refractivity contribution in [2.45, 2.75) is 12.5 Å². The van der Waals surface area contributed by atoms with Crippen molar-refractivity contribution in [2.24, 2.45) is 5.73 Å². The van der Waals surface area contributed by atoms with Crippen LogP contribution in [0.5, 0.6) is 0 Å². The van der Waals surface area contributed by atoms with Crippen LogP contribution in [0.1, 0.15) is 18.2 Å². The van der Waals surface area contributed by atoms with Crippen molar-refractivity contribution >= 4 is 0 Å². The van der Waals surface area contributed by atoms with Crippen molar-refractivity contribution in [3.05, 3.63) is 30.1 Å². The van der Waals surface area contributed by atoms with Crippen molar-refractivity contribution < 1.29 is 0 Å². The van der Waals surface area contributed by atoms with E-state index in [0.717, 1.165) is 5.69 Å². The third-order valence-corrected chi connectivity index (χ3v) is 1.38. The molecule has 1 unspecified atom stereocenters. The summed E-state index contributed by atoms with van der Waals surface area (Å²) in [6.45, 7) is 0. The van der Waals surface area contributed by atoms with Crippen LogP contribution in [0, 0.1) is 11.3 Å². The zero-order valence-electron chi connectivity index (χ0n) is 6.07. The Kier molecular flexibility index (Phi) is 2.59. The topological polar surface area (TPSA) is 62.7 Å². The summed E-state index contributed by atoms with van der Waals surface area (Å²) in [6, 6.07) is 7.26. The summed E-state index contributed by atoms with van der Waals surface area (Å²) in [5.41, 5.74) is 6.39. The maximum absolute atomic E-state index is 8.34. The fourth-order valence-electron chi connectivity index (χ4n) is 0.798. The Balaban J connectivity index is 2.70. The van der Waals surface area contributed by atoms with E-state index < -0.39 is 0 Å². The first-order valence-electron chi connectivity index (χ1n) is 3.38. The smallest absolute Gasteiger partial charge is 0.0642 e. The number of nitrogens with two attached hydrogens (primary N) is 1. The van der Waals surface area contributed by atoms with Crippen molar-refractivity contribution in [2.75, 3.05) is 0 Å². The summed E-state index contributed by atoms with van der Waals surface area (Å²) < 4.78 is 0. The molecule has 0 aliphatic carbocycles. The number of nitriles is 1. The molecule has 1 heterocycles. The second kappa shape index (κ2) is 3.69. The van der Waals surface area contributed by atoms with Crippen LogP contribution in [0.4, 0.5) is 0 Å². The molecular weight excluding hydrogens is 138 g/mol. The molecule has 56 valence electrons. The fourth-order valence-corrected chi connectivity index (χ4v) is 0.798. The van der Waals surface area contributed by atoms with Crippen LogP contribution < -0.4 is 5.73 Å². The molecule has 0 aliphatic heterocycles. The second-order valence-corrected chi connectivity index (χ2v) is 2.22. The molecular formula is C8H9N3. The van der Waals surface area contributed by atoms with Gasteiger partial charge in [-0.2, -0.15) is 5.26 Å². The fraction of sp³-hybridized carbons (Fsp3) is 0.250. The summed E-state index contributed by atoms with van der Waals surface area (Å²) in [6.07, 6.45) is 1.99. The Hall–Kier alpha value is -1.40. The Labute approximate surface area is 65.5 Å². The Morgan fingerprint density at radius 1 is 1.64 bits per heavy atom. The van der Waals surface area contributed by atoms with Crippen LogP contribution in [-0.2, 0) is 0 Å². The first kappa shape index (κ1) is 7.70. The molecule has 1 aromatic heterocycles. The Morgan fingerprint density at radius 2 is 2.45 bits per heavy atom. The van der Waals surface area contributed by atoms with Gasteiger partial charge in [-0.3, -0.25) is 4.98 Å². The highest BCUT2D eigenvalue weighted by Crippen LogP contribution is 2.08. The van der Waals surface area contributed by atoms with E-state index in [9.17, 15) is 0 Å². The highest BCUT2D eigenvalue weighted by atomic mass is 14.8. The number of nitrogens with zero attached hydrogens (tertiary/aromatic N) is 2. The molecule has 2 N–H and O–H groups in total. The molecule has 1 atom stereocenters. The number of rotatable bonds is 2. The van der Waals surface area contributed by atoms with E-state index >= 15 is 0 Å². The van der Waals surface area contributed by atoms with Gasteiger partial charge in [-0.05, 0) is 12.1 Å². The Bertz CT molecular complexity index is 250. The zero-order chi connectivity index (χ0) is 8.10. The van der Waals surface area contributed by atoms with Gasteiger partial charge in [0, 0.05) is 6.20 Å². The predicted octanol–water partition coefficient (Wildman–Crippen LogP) is 0.995. The minimum absolute atomic E-state index is 0.249. The average molecular weight is 147 g/mol. The number of pyridine rings is 1. The number of aromatic nitrogens is 1. The van der Waals surface area contributed by atoms with Crippen LogP contribution >= 0.6 is 0 Å². The lowest BCUT2D eigenvalue weighted by molar-refractivity contribution is 0.720. The van der Waals surface area contributed by atoms with Gasteiger partial charge in [0.1, 0.15) is 0 Å². The van der Waals surface area contributed by atoms with Gasteiger partial charge in [-0.25, -0.2) is 0 Å². The van der Waals surface area contributed by atoms with E-state index in [4.69, 9.17) is 11.0 Å². The van der Waals surface area contributed by atoms with Crippen molar-refractivity contribution in [1.82, 2.24) is 4.98 Å². The predicted molar refractivity (Wildman–Crippen MR) is 41.4 cm³/mol. The molecule has 0 spiro atoms. The molecule has 0 amide bonds. The lowest BCUT2D eigenvalue weighted by Crippen LogP contribution is -2.10. The maximum Gasteiger partial charge on any atom is 0.0642 e. The van der Waals surface area contributed by atoms with Gasteiger partial charge >= 0.3 is 0 Å². The summed E-state index contributed by atoms with van der Waals surface area (Å²) in [4.78, 5) is 4.02. The van der Waals surface area contributed by atoms with Crippen LogP contribution in [0.3, 0.4) is 0 Å². The third-order valence-electron chi connectivity index (χ3n) is 1.38. The molecule has 0 bridgehead atoms. The molecule has 1 rings (SSSR count). The van der Waals surface area contributed by atoms with Gasteiger partial charge < -0.3 is 5.73 Å². The molecule has 0 fully saturated rings. The van der Waals surface area contributed by atoms with Gasteiger partial charge in [0.15, 0.2) is 0 Å². The average Bonchev–Trinajstić information content (AvgIpc) is 2.07. The Morgan fingerprint density at radius 3 is 3.00 bits per heavy atom. The van der Waals surface area contributed by atoms with Gasteiger partial charge in [-0.15, -0.1) is 0 Å². The van der Waals surface area contributed by atoms with Crippen LogP contribution in [0.2, 0.25) is 0 Å². The lowest BCUT2D eigenvalue weighted by atomic mass is 10.1. The van der Waals surface area contributed by atoms with Gasteiger partial charge in [0.25, 0.3) is 0 Å². The van der Waals surface area contributed by atoms with Crippen LogP contribution in [-0.4, -0.2) is 4.98 Å². The number of hydrogen-bond donors (Lipinski definition) is 1. The highest BCUT2D eigenvalue weighted by molar-refractivity contribution is 5.09. The molecule has 0 radical (unpaired) electrons. The first-order chi connectivity index (χ1) is 5.34. The molecule has 0 saturated carbocycles. The third kappa shape index (κ3) is 2.03. The molecule has 0 aliphatic rings. The zero-order valence-corrected chi connectivity index (χ0v) is 6.07. The van der Waals surface area contributed by atoms with E-state index in [2.05, 4.69) is 4.98 Å². The summed E-state index contributed by atoms with van der Waals surface area (Å²) >= 11 is 0. The second-order valence-electron chi connectivity index (χ2n) is 2.22. The van der Waals surface area contributed by atoms with Crippen molar-refractivity contribution in [3.8, 4) is 6.07 Å². The first-order valence-corrected chi connectivity index (χ1v) is 3.38. The normalized spacial score (nSPS) is 12.0. The highest BCUT2D eigenvalue weighted by Gasteiger charge is 2.04. The largest absolute Gasteiger partial charge is 0.322 e. The maximum atomic E-state index is 8.34. The number of hydrogen-bond acceptors (Lipinski definition) is 3. The minimum atomic E-state index is -0.249. The van der Waals surface area contributed by atoms with E-state index in [0.29, 0.717) is 6.42 Å². The van der Waals surface area contributed by atoms with E-state index in [1.807, 2.05) is 24.3 Å².